The van der Waals surface area contributed by atoms with Crippen LogP contribution in [0.5, 0.6) is 11.5 Å². The standard InChI is InChI=1S/C31H35FO5/c1-31(2,3)37-19-23-14-20(8-12-26(23)28-16-24(35-4)11-13-29(28)32)18-36-25-7-5-6-22(15-25)27(17-30(33)34)21-9-10-21/h5-8,11-16,21,27H,9-10,17-19H2,1-4H3,(H,33,34)/t27-/m0/s1. The van der Waals surface area contributed by atoms with Crippen LogP contribution >= 0.6 is 0 Å². The molecular formula is C31H35FO5. The summed E-state index contributed by atoms with van der Waals surface area (Å²) in [4.78, 5) is 11.4. The second-order valence-electron chi connectivity index (χ2n) is 10.6. The fourth-order valence-corrected chi connectivity index (χ4v) is 4.50. The van der Waals surface area contributed by atoms with Gasteiger partial charge in [-0.2, -0.15) is 0 Å². The van der Waals surface area contributed by atoms with Crippen molar-refractivity contribution in [1.29, 1.82) is 0 Å². The molecule has 0 aliphatic heterocycles. The van der Waals surface area contributed by atoms with Crippen molar-refractivity contribution in [3.05, 3.63) is 83.2 Å². The zero-order valence-corrected chi connectivity index (χ0v) is 21.9. The molecule has 1 N–H and O–H groups in total. The fourth-order valence-electron chi connectivity index (χ4n) is 4.50. The van der Waals surface area contributed by atoms with Crippen LogP contribution in [0.2, 0.25) is 0 Å². The van der Waals surface area contributed by atoms with Gasteiger partial charge in [-0.05, 0) is 104 Å². The van der Waals surface area contributed by atoms with Crippen LogP contribution in [0.25, 0.3) is 11.1 Å². The lowest BCUT2D eigenvalue weighted by atomic mass is 9.91. The molecule has 0 aromatic heterocycles. The van der Waals surface area contributed by atoms with Gasteiger partial charge in [0.1, 0.15) is 23.9 Å². The van der Waals surface area contributed by atoms with Gasteiger partial charge in [0.25, 0.3) is 0 Å². The van der Waals surface area contributed by atoms with Crippen LogP contribution in [0, 0.1) is 11.7 Å². The molecule has 0 heterocycles. The molecule has 1 aliphatic carbocycles. The number of ether oxygens (including phenoxy) is 3. The van der Waals surface area contributed by atoms with Crippen molar-refractivity contribution in [2.45, 2.75) is 64.8 Å². The van der Waals surface area contributed by atoms with E-state index in [1.54, 1.807) is 19.2 Å². The molecule has 196 valence electrons. The highest BCUT2D eigenvalue weighted by Crippen LogP contribution is 2.45. The predicted octanol–water partition coefficient (Wildman–Crippen LogP) is 7.36. The number of halogens is 1. The topological polar surface area (TPSA) is 65.0 Å². The Bertz CT molecular complexity index is 1240. The van der Waals surface area contributed by atoms with Gasteiger partial charge in [0.2, 0.25) is 0 Å². The molecule has 1 aliphatic rings. The van der Waals surface area contributed by atoms with E-state index >= 15 is 0 Å². The van der Waals surface area contributed by atoms with E-state index < -0.39 is 5.97 Å². The Morgan fingerprint density at radius 3 is 2.46 bits per heavy atom. The average Bonchev–Trinajstić information content (AvgIpc) is 3.70. The maximum Gasteiger partial charge on any atom is 0.303 e. The molecule has 1 fully saturated rings. The number of carbonyl (C=O) groups is 1. The zero-order chi connectivity index (χ0) is 26.6. The Morgan fingerprint density at radius 1 is 1.00 bits per heavy atom. The quantitative estimate of drug-likeness (QED) is 0.294. The van der Waals surface area contributed by atoms with E-state index in [1.807, 2.05) is 63.2 Å². The summed E-state index contributed by atoms with van der Waals surface area (Å²) in [6.45, 7) is 6.59. The molecule has 0 bridgehead atoms. The van der Waals surface area contributed by atoms with E-state index in [1.165, 1.54) is 6.07 Å². The molecule has 6 heteroatoms. The average molecular weight is 507 g/mol. The first-order valence-electron chi connectivity index (χ1n) is 12.7. The molecule has 0 spiro atoms. The Balaban J connectivity index is 1.56. The van der Waals surface area contributed by atoms with E-state index in [9.17, 15) is 14.3 Å². The summed E-state index contributed by atoms with van der Waals surface area (Å²) >= 11 is 0. The smallest absolute Gasteiger partial charge is 0.303 e. The largest absolute Gasteiger partial charge is 0.497 e. The minimum absolute atomic E-state index is 0.0132. The lowest BCUT2D eigenvalue weighted by Gasteiger charge is -2.22. The van der Waals surface area contributed by atoms with Gasteiger partial charge in [-0.1, -0.05) is 24.3 Å². The van der Waals surface area contributed by atoms with Gasteiger partial charge < -0.3 is 19.3 Å². The molecule has 0 unspecified atom stereocenters. The first kappa shape index (κ1) is 26.7. The molecule has 4 rings (SSSR count). The van der Waals surface area contributed by atoms with Gasteiger partial charge in [0.05, 0.1) is 25.7 Å². The van der Waals surface area contributed by atoms with Crippen molar-refractivity contribution in [3.63, 3.8) is 0 Å². The van der Waals surface area contributed by atoms with Gasteiger partial charge in [0.15, 0.2) is 0 Å². The van der Waals surface area contributed by atoms with E-state index in [0.29, 0.717) is 36.2 Å². The lowest BCUT2D eigenvalue weighted by Crippen LogP contribution is -2.19. The van der Waals surface area contributed by atoms with E-state index in [0.717, 1.165) is 35.1 Å². The Labute approximate surface area is 218 Å². The maximum atomic E-state index is 14.8. The summed E-state index contributed by atoms with van der Waals surface area (Å²) in [5.41, 5.74) is 3.63. The Kier molecular flexibility index (Phi) is 8.18. The summed E-state index contributed by atoms with van der Waals surface area (Å²) < 4.78 is 32.3. The number of hydrogen-bond donors (Lipinski definition) is 1. The number of carboxylic acid groups (broad SMARTS) is 1. The van der Waals surface area contributed by atoms with E-state index in [-0.39, 0.29) is 23.8 Å². The Morgan fingerprint density at radius 2 is 1.78 bits per heavy atom. The summed E-state index contributed by atoms with van der Waals surface area (Å²) in [5.74, 6) is 0.620. The summed E-state index contributed by atoms with van der Waals surface area (Å²) in [6.07, 6.45) is 2.28. The number of benzene rings is 3. The number of carboxylic acids is 1. The van der Waals surface area contributed by atoms with Gasteiger partial charge >= 0.3 is 5.97 Å². The third-order valence-electron chi connectivity index (χ3n) is 6.57. The van der Waals surface area contributed by atoms with Crippen molar-refractivity contribution < 1.29 is 28.5 Å². The van der Waals surface area contributed by atoms with Gasteiger partial charge in [0, 0.05) is 5.56 Å². The van der Waals surface area contributed by atoms with Crippen LogP contribution in [-0.2, 0) is 22.7 Å². The highest BCUT2D eigenvalue weighted by Gasteiger charge is 2.33. The third-order valence-corrected chi connectivity index (χ3v) is 6.57. The Hall–Kier alpha value is -3.38. The fraction of sp³-hybridized carbons (Fsp3) is 0.387. The summed E-state index contributed by atoms with van der Waals surface area (Å²) in [7, 11) is 1.56. The highest BCUT2D eigenvalue weighted by molar-refractivity contribution is 5.70. The molecule has 37 heavy (non-hydrogen) atoms. The van der Waals surface area contributed by atoms with Crippen LogP contribution in [0.4, 0.5) is 4.39 Å². The molecule has 3 aromatic carbocycles. The molecule has 1 atom stereocenters. The second-order valence-corrected chi connectivity index (χ2v) is 10.6. The predicted molar refractivity (Wildman–Crippen MR) is 141 cm³/mol. The highest BCUT2D eigenvalue weighted by atomic mass is 19.1. The molecule has 3 aromatic rings. The molecule has 0 amide bonds. The third kappa shape index (κ3) is 7.32. The first-order valence-corrected chi connectivity index (χ1v) is 12.7. The van der Waals surface area contributed by atoms with Crippen molar-refractivity contribution in [2.24, 2.45) is 5.92 Å². The van der Waals surface area contributed by atoms with Crippen LogP contribution in [-0.4, -0.2) is 23.8 Å². The molecule has 0 radical (unpaired) electrons. The number of hydrogen-bond acceptors (Lipinski definition) is 4. The van der Waals surface area contributed by atoms with Crippen LogP contribution in [0.1, 0.15) is 62.6 Å². The summed E-state index contributed by atoms with van der Waals surface area (Å²) in [5, 5.41) is 9.34. The SMILES string of the molecule is COc1ccc(F)c(-c2ccc(COc3cccc([C@@H](CC(=O)O)C4CC4)c3)cc2COC(C)(C)C)c1. The van der Waals surface area contributed by atoms with Crippen molar-refractivity contribution in [2.75, 3.05) is 7.11 Å². The van der Waals surface area contributed by atoms with Gasteiger partial charge in [-0.3, -0.25) is 4.79 Å². The minimum Gasteiger partial charge on any atom is -0.497 e. The van der Waals surface area contributed by atoms with Crippen LogP contribution < -0.4 is 9.47 Å². The molecule has 1 saturated carbocycles. The molecular weight excluding hydrogens is 471 g/mol. The van der Waals surface area contributed by atoms with Crippen molar-refractivity contribution in [3.8, 4) is 22.6 Å². The van der Waals surface area contributed by atoms with E-state index in [4.69, 9.17) is 14.2 Å². The van der Waals surface area contributed by atoms with Crippen LogP contribution in [0.15, 0.2) is 60.7 Å². The van der Waals surface area contributed by atoms with Gasteiger partial charge in [-0.15, -0.1) is 0 Å². The van der Waals surface area contributed by atoms with Crippen LogP contribution in [0.3, 0.4) is 0 Å². The first-order chi connectivity index (χ1) is 17.6. The van der Waals surface area contributed by atoms with Crippen molar-refractivity contribution >= 4 is 5.97 Å². The minimum atomic E-state index is -0.777. The lowest BCUT2D eigenvalue weighted by molar-refractivity contribution is -0.137. The maximum absolute atomic E-state index is 14.8. The number of methoxy groups -OCH3 is 1. The molecule has 5 nitrogen and oxygen atoms in total. The normalized spacial score (nSPS) is 14.3. The zero-order valence-electron chi connectivity index (χ0n) is 21.9. The van der Waals surface area contributed by atoms with Gasteiger partial charge in [-0.25, -0.2) is 4.39 Å². The molecule has 0 saturated heterocycles. The number of aliphatic carboxylic acids is 1. The summed E-state index contributed by atoms with van der Waals surface area (Å²) in [6, 6.07) is 18.3. The van der Waals surface area contributed by atoms with E-state index in [2.05, 4.69) is 0 Å². The second kappa shape index (κ2) is 11.3. The monoisotopic (exact) mass is 506 g/mol. The van der Waals surface area contributed by atoms with Crippen molar-refractivity contribution in [1.82, 2.24) is 0 Å². The number of rotatable bonds is 11.